The van der Waals surface area contributed by atoms with Gasteiger partial charge < -0.3 is 9.64 Å². The number of ether oxygens (including phenoxy) is 1. The fourth-order valence-electron chi connectivity index (χ4n) is 3.35. The molecule has 1 aromatic heterocycles. The van der Waals surface area contributed by atoms with E-state index in [0.717, 1.165) is 37.8 Å². The Bertz CT molecular complexity index is 698. The molecule has 2 aromatic rings. The van der Waals surface area contributed by atoms with E-state index in [0.29, 0.717) is 6.04 Å². The van der Waals surface area contributed by atoms with Crippen molar-refractivity contribution < 1.29 is 4.74 Å². The highest BCUT2D eigenvalue weighted by Crippen LogP contribution is 2.35. The highest BCUT2D eigenvalue weighted by atomic mass is 16.5. The number of tetrazole rings is 1. The van der Waals surface area contributed by atoms with Crippen LogP contribution in [0.5, 0.6) is 5.75 Å². The Hall–Kier alpha value is -2.15. The number of anilines is 1. The van der Waals surface area contributed by atoms with Crippen LogP contribution in [0.1, 0.15) is 31.6 Å². The van der Waals surface area contributed by atoms with Gasteiger partial charge in [-0.15, -0.1) is 5.10 Å². The van der Waals surface area contributed by atoms with E-state index in [9.17, 15) is 0 Å². The zero-order valence-corrected chi connectivity index (χ0v) is 14.3. The molecule has 1 aliphatic carbocycles. The van der Waals surface area contributed by atoms with E-state index in [1.165, 1.54) is 18.5 Å². The van der Waals surface area contributed by atoms with Gasteiger partial charge in [-0.2, -0.15) is 0 Å². The molecule has 0 saturated heterocycles. The highest BCUT2D eigenvalue weighted by molar-refractivity contribution is 5.60. The normalized spacial score (nSPS) is 20.1. The number of benzene rings is 1. The van der Waals surface area contributed by atoms with Crippen molar-refractivity contribution in [2.24, 2.45) is 0 Å². The molecule has 1 aromatic carbocycles. The third-order valence-electron chi connectivity index (χ3n) is 4.69. The van der Waals surface area contributed by atoms with E-state index in [-0.39, 0.29) is 6.10 Å². The Labute approximate surface area is 142 Å². The Morgan fingerprint density at radius 1 is 1.29 bits per heavy atom. The molecule has 1 aliphatic heterocycles. The van der Waals surface area contributed by atoms with Crippen LogP contribution in [0.15, 0.2) is 24.3 Å². The van der Waals surface area contributed by atoms with Gasteiger partial charge >= 0.3 is 0 Å². The Morgan fingerprint density at radius 2 is 2.12 bits per heavy atom. The Kier molecular flexibility index (Phi) is 4.10. The third kappa shape index (κ3) is 3.08. The molecule has 2 heterocycles. The van der Waals surface area contributed by atoms with Gasteiger partial charge in [-0.1, -0.05) is 12.1 Å². The number of rotatable bonds is 6. The standard InChI is InChI=1S/C17H24N6O/c1-3-22-11-14(24-16-7-5-4-6-15(16)22)10-21(2)12-17-18-19-20-23(17)13-8-9-13/h4-7,13-14H,3,8-12H2,1-2H3/t14-/m0/s1. The highest BCUT2D eigenvalue weighted by Gasteiger charge is 2.29. The van der Waals surface area contributed by atoms with Crippen molar-refractivity contribution in [3.05, 3.63) is 30.1 Å². The minimum absolute atomic E-state index is 0.148. The van der Waals surface area contributed by atoms with Gasteiger partial charge in [0.15, 0.2) is 5.82 Å². The Balaban J connectivity index is 1.41. The molecule has 128 valence electrons. The largest absolute Gasteiger partial charge is 0.485 e. The van der Waals surface area contributed by atoms with Crippen LogP contribution in [-0.2, 0) is 6.54 Å². The van der Waals surface area contributed by atoms with E-state index >= 15 is 0 Å². The lowest BCUT2D eigenvalue weighted by atomic mass is 10.2. The molecule has 1 atom stereocenters. The van der Waals surface area contributed by atoms with E-state index in [2.05, 4.69) is 57.5 Å². The van der Waals surface area contributed by atoms with Crippen LogP contribution in [0.25, 0.3) is 0 Å². The number of hydrogen-bond donors (Lipinski definition) is 0. The molecule has 0 radical (unpaired) electrons. The predicted octanol–water partition coefficient (Wildman–Crippen LogP) is 1.73. The maximum atomic E-state index is 6.20. The first-order valence-corrected chi connectivity index (χ1v) is 8.70. The minimum Gasteiger partial charge on any atom is -0.485 e. The fraction of sp³-hybridized carbons (Fsp3) is 0.588. The number of likely N-dealkylation sites (N-methyl/N-ethyl adjacent to an activating group) is 2. The molecule has 24 heavy (non-hydrogen) atoms. The second kappa shape index (κ2) is 6.39. The number of fused-ring (bicyclic) bond motifs is 1. The molecule has 1 fully saturated rings. The molecule has 2 aliphatic rings. The van der Waals surface area contributed by atoms with Crippen LogP contribution in [0, 0.1) is 0 Å². The van der Waals surface area contributed by atoms with E-state index < -0.39 is 0 Å². The molecule has 7 nitrogen and oxygen atoms in total. The smallest absolute Gasteiger partial charge is 0.165 e. The van der Waals surface area contributed by atoms with E-state index in [4.69, 9.17) is 4.74 Å². The first kappa shape index (κ1) is 15.4. The SMILES string of the molecule is CCN1C[C@H](CN(C)Cc2nnnn2C2CC2)Oc2ccccc21. The van der Waals surface area contributed by atoms with E-state index in [1.54, 1.807) is 0 Å². The van der Waals surface area contributed by atoms with Crippen molar-refractivity contribution >= 4 is 5.69 Å². The summed E-state index contributed by atoms with van der Waals surface area (Å²) in [5.74, 6) is 1.93. The number of hydrogen-bond acceptors (Lipinski definition) is 6. The summed E-state index contributed by atoms with van der Waals surface area (Å²) in [5.41, 5.74) is 1.19. The summed E-state index contributed by atoms with van der Waals surface area (Å²) in [5, 5.41) is 12.1. The summed E-state index contributed by atoms with van der Waals surface area (Å²) < 4.78 is 8.18. The van der Waals surface area contributed by atoms with Gasteiger partial charge in [0.25, 0.3) is 0 Å². The maximum Gasteiger partial charge on any atom is 0.165 e. The fourth-order valence-corrected chi connectivity index (χ4v) is 3.35. The molecule has 0 spiro atoms. The molecule has 4 rings (SSSR count). The molecular weight excluding hydrogens is 304 g/mol. The van der Waals surface area contributed by atoms with Crippen molar-refractivity contribution in [1.29, 1.82) is 0 Å². The van der Waals surface area contributed by atoms with Crippen molar-refractivity contribution in [3.8, 4) is 5.75 Å². The summed E-state index contributed by atoms with van der Waals surface area (Å²) in [6.07, 6.45) is 2.53. The first-order valence-electron chi connectivity index (χ1n) is 8.70. The monoisotopic (exact) mass is 328 g/mol. The second-order valence-corrected chi connectivity index (χ2v) is 6.71. The predicted molar refractivity (Wildman–Crippen MR) is 91.2 cm³/mol. The molecule has 1 saturated carbocycles. The average molecular weight is 328 g/mol. The van der Waals surface area contributed by atoms with Gasteiger partial charge in [-0.25, -0.2) is 4.68 Å². The first-order chi connectivity index (χ1) is 11.7. The number of nitrogens with zero attached hydrogens (tertiary/aromatic N) is 6. The van der Waals surface area contributed by atoms with Gasteiger partial charge in [-0.3, -0.25) is 4.90 Å². The number of para-hydroxylation sites is 2. The van der Waals surface area contributed by atoms with Gasteiger partial charge in [-0.05, 0) is 49.4 Å². The van der Waals surface area contributed by atoms with Gasteiger partial charge in [0, 0.05) is 13.1 Å². The zero-order chi connectivity index (χ0) is 16.5. The topological polar surface area (TPSA) is 59.3 Å². The van der Waals surface area contributed by atoms with Crippen LogP contribution < -0.4 is 9.64 Å². The summed E-state index contributed by atoms with van der Waals surface area (Å²) in [4.78, 5) is 4.63. The van der Waals surface area contributed by atoms with Crippen molar-refractivity contribution in [3.63, 3.8) is 0 Å². The molecule has 0 bridgehead atoms. The van der Waals surface area contributed by atoms with Gasteiger partial charge in [0.1, 0.15) is 11.9 Å². The van der Waals surface area contributed by atoms with Crippen LogP contribution in [0.4, 0.5) is 5.69 Å². The van der Waals surface area contributed by atoms with Crippen LogP contribution >= 0.6 is 0 Å². The van der Waals surface area contributed by atoms with Crippen molar-refractivity contribution in [2.45, 2.75) is 38.5 Å². The Morgan fingerprint density at radius 3 is 2.92 bits per heavy atom. The zero-order valence-electron chi connectivity index (χ0n) is 14.3. The summed E-state index contributed by atoms with van der Waals surface area (Å²) >= 11 is 0. The minimum atomic E-state index is 0.148. The van der Waals surface area contributed by atoms with Crippen molar-refractivity contribution in [1.82, 2.24) is 25.1 Å². The van der Waals surface area contributed by atoms with Crippen LogP contribution in [0.2, 0.25) is 0 Å². The lowest BCUT2D eigenvalue weighted by molar-refractivity contribution is 0.137. The molecule has 0 unspecified atom stereocenters. The van der Waals surface area contributed by atoms with Crippen LogP contribution in [-0.4, -0.2) is 57.9 Å². The van der Waals surface area contributed by atoms with Crippen LogP contribution in [0.3, 0.4) is 0 Å². The maximum absolute atomic E-state index is 6.20. The van der Waals surface area contributed by atoms with E-state index in [1.807, 2.05) is 10.7 Å². The van der Waals surface area contributed by atoms with Gasteiger partial charge in [0.05, 0.1) is 24.8 Å². The van der Waals surface area contributed by atoms with Gasteiger partial charge in [0.2, 0.25) is 0 Å². The lowest BCUT2D eigenvalue weighted by Crippen LogP contribution is -2.45. The lowest BCUT2D eigenvalue weighted by Gasteiger charge is -2.37. The summed E-state index contributed by atoms with van der Waals surface area (Å²) in [6.45, 7) is 5.68. The van der Waals surface area contributed by atoms with Crippen molar-refractivity contribution in [2.75, 3.05) is 31.6 Å². The average Bonchev–Trinajstić information content (AvgIpc) is 3.33. The summed E-state index contributed by atoms with van der Waals surface area (Å²) in [7, 11) is 2.10. The second-order valence-electron chi connectivity index (χ2n) is 6.71. The number of aromatic nitrogens is 4. The molecule has 0 N–H and O–H groups in total. The molecule has 7 heteroatoms. The quantitative estimate of drug-likeness (QED) is 0.805. The third-order valence-corrected chi connectivity index (χ3v) is 4.69. The molecular formula is C17H24N6O. The summed E-state index contributed by atoms with van der Waals surface area (Å²) in [6, 6.07) is 8.79. The molecule has 0 amide bonds.